The summed E-state index contributed by atoms with van der Waals surface area (Å²) in [5.41, 5.74) is 1.73. The van der Waals surface area contributed by atoms with Crippen LogP contribution < -0.4 is 10.1 Å². The van der Waals surface area contributed by atoms with Gasteiger partial charge in [-0.15, -0.1) is 0 Å². The van der Waals surface area contributed by atoms with Crippen molar-refractivity contribution < 1.29 is 13.5 Å². The molecule has 0 aliphatic rings. The third-order valence-corrected chi connectivity index (χ3v) is 1.92. The molecule has 0 spiro atoms. The summed E-state index contributed by atoms with van der Waals surface area (Å²) >= 11 is 0. The number of benzene rings is 1. The van der Waals surface area contributed by atoms with Gasteiger partial charge in [0.05, 0.1) is 0 Å². The highest BCUT2D eigenvalue weighted by molar-refractivity contribution is 5.56. The predicted molar refractivity (Wildman–Crippen MR) is 52.2 cm³/mol. The molecule has 1 aromatic carbocycles. The van der Waals surface area contributed by atoms with E-state index in [-0.39, 0.29) is 0 Å². The lowest BCUT2D eigenvalue weighted by molar-refractivity contribution is 0.0816. The van der Waals surface area contributed by atoms with Crippen molar-refractivity contribution >= 4 is 5.69 Å². The maximum atomic E-state index is 11.9. The lowest BCUT2D eigenvalue weighted by Crippen LogP contribution is -2.08. The standard InChI is InChI=1S/C10H13F2NO/c1-7-8(13-2)4-3-5-9(7)14-6-10(11)12/h3-5,10,13H,6H2,1-2H3. The van der Waals surface area contributed by atoms with Crippen LogP contribution in [0.4, 0.5) is 14.5 Å². The van der Waals surface area contributed by atoms with Crippen molar-refractivity contribution in [3.8, 4) is 5.75 Å². The van der Waals surface area contributed by atoms with Crippen molar-refractivity contribution in [3.63, 3.8) is 0 Å². The number of ether oxygens (including phenoxy) is 1. The van der Waals surface area contributed by atoms with Crippen LogP contribution in [0, 0.1) is 6.92 Å². The van der Waals surface area contributed by atoms with Gasteiger partial charge in [0.15, 0.2) is 0 Å². The summed E-state index contributed by atoms with van der Waals surface area (Å²) in [6.45, 7) is 1.26. The molecule has 0 aliphatic carbocycles. The fourth-order valence-electron chi connectivity index (χ4n) is 1.19. The molecule has 1 rings (SSSR count). The number of nitrogens with one attached hydrogen (secondary N) is 1. The van der Waals surface area contributed by atoms with Gasteiger partial charge in [-0.25, -0.2) is 8.78 Å². The molecule has 14 heavy (non-hydrogen) atoms. The second kappa shape index (κ2) is 4.79. The Hall–Kier alpha value is -1.32. The molecule has 0 amide bonds. The third-order valence-electron chi connectivity index (χ3n) is 1.92. The van der Waals surface area contributed by atoms with Gasteiger partial charge in [0.25, 0.3) is 6.43 Å². The summed E-state index contributed by atoms with van der Waals surface area (Å²) in [6, 6.07) is 5.31. The van der Waals surface area contributed by atoms with Gasteiger partial charge in [-0.3, -0.25) is 0 Å². The minimum absolute atomic E-state index is 0.497. The summed E-state index contributed by atoms with van der Waals surface area (Å²) in [6.07, 6.45) is -2.44. The van der Waals surface area contributed by atoms with Crippen molar-refractivity contribution in [1.29, 1.82) is 0 Å². The van der Waals surface area contributed by atoms with E-state index in [9.17, 15) is 8.78 Å². The van der Waals surface area contributed by atoms with Gasteiger partial charge in [-0.2, -0.15) is 0 Å². The number of alkyl halides is 2. The van der Waals surface area contributed by atoms with E-state index in [2.05, 4.69) is 5.32 Å². The van der Waals surface area contributed by atoms with Crippen molar-refractivity contribution in [1.82, 2.24) is 0 Å². The van der Waals surface area contributed by atoms with E-state index in [1.165, 1.54) is 0 Å². The lowest BCUT2D eigenvalue weighted by Gasteiger charge is -2.11. The van der Waals surface area contributed by atoms with Gasteiger partial charge in [0.1, 0.15) is 12.4 Å². The summed E-state index contributed by atoms with van der Waals surface area (Å²) in [4.78, 5) is 0. The molecule has 0 bridgehead atoms. The summed E-state index contributed by atoms with van der Waals surface area (Å²) in [5.74, 6) is 0.497. The van der Waals surface area contributed by atoms with Crippen LogP contribution in [0.3, 0.4) is 0 Å². The van der Waals surface area contributed by atoms with Crippen LogP contribution in [0.15, 0.2) is 18.2 Å². The number of rotatable bonds is 4. The molecule has 0 aliphatic heterocycles. The third kappa shape index (κ3) is 2.58. The molecule has 4 heteroatoms. The smallest absolute Gasteiger partial charge is 0.272 e. The maximum absolute atomic E-state index is 11.9. The van der Waals surface area contributed by atoms with Crippen LogP contribution in [-0.4, -0.2) is 20.1 Å². The zero-order valence-corrected chi connectivity index (χ0v) is 8.18. The monoisotopic (exact) mass is 201 g/mol. The zero-order chi connectivity index (χ0) is 10.6. The molecule has 0 atom stereocenters. The van der Waals surface area contributed by atoms with Gasteiger partial charge in [0, 0.05) is 18.3 Å². The van der Waals surface area contributed by atoms with Crippen LogP contribution in [-0.2, 0) is 0 Å². The first-order chi connectivity index (χ1) is 6.65. The van der Waals surface area contributed by atoms with Crippen molar-refractivity contribution in [2.75, 3.05) is 19.0 Å². The van der Waals surface area contributed by atoms with Crippen LogP contribution in [0.25, 0.3) is 0 Å². The molecule has 0 unspecified atom stereocenters. The SMILES string of the molecule is CNc1cccc(OCC(F)F)c1C. The Labute approximate surface area is 81.9 Å². The molecule has 0 heterocycles. The first-order valence-corrected chi connectivity index (χ1v) is 4.33. The van der Waals surface area contributed by atoms with E-state index in [0.29, 0.717) is 5.75 Å². The number of hydrogen-bond donors (Lipinski definition) is 1. The minimum atomic E-state index is -2.44. The fraction of sp³-hybridized carbons (Fsp3) is 0.400. The Morgan fingerprint density at radius 2 is 2.14 bits per heavy atom. The number of anilines is 1. The Morgan fingerprint density at radius 3 is 2.71 bits per heavy atom. The molecule has 1 aromatic rings. The average Bonchev–Trinajstić information content (AvgIpc) is 2.16. The molecule has 0 saturated carbocycles. The lowest BCUT2D eigenvalue weighted by atomic mass is 10.2. The topological polar surface area (TPSA) is 21.3 Å². The molecular weight excluding hydrogens is 188 g/mol. The van der Waals surface area contributed by atoms with Crippen LogP contribution >= 0.6 is 0 Å². The van der Waals surface area contributed by atoms with E-state index in [1.807, 2.05) is 13.0 Å². The van der Waals surface area contributed by atoms with E-state index >= 15 is 0 Å². The largest absolute Gasteiger partial charge is 0.487 e. The normalized spacial score (nSPS) is 10.4. The summed E-state index contributed by atoms with van der Waals surface area (Å²) in [5, 5.41) is 2.96. The molecule has 0 aromatic heterocycles. The number of halogens is 2. The average molecular weight is 201 g/mol. The predicted octanol–water partition coefficient (Wildman–Crippen LogP) is 2.68. The molecular formula is C10H13F2NO. The highest BCUT2D eigenvalue weighted by Gasteiger charge is 2.07. The van der Waals surface area contributed by atoms with Gasteiger partial charge in [-0.05, 0) is 19.1 Å². The highest BCUT2D eigenvalue weighted by atomic mass is 19.3. The van der Waals surface area contributed by atoms with Crippen molar-refractivity contribution in [2.45, 2.75) is 13.3 Å². The number of hydrogen-bond acceptors (Lipinski definition) is 2. The highest BCUT2D eigenvalue weighted by Crippen LogP contribution is 2.25. The molecule has 1 N–H and O–H groups in total. The Balaban J connectivity index is 2.76. The Kier molecular flexibility index (Phi) is 3.68. The van der Waals surface area contributed by atoms with E-state index in [1.54, 1.807) is 19.2 Å². The maximum Gasteiger partial charge on any atom is 0.272 e. The molecule has 0 fully saturated rings. The van der Waals surface area contributed by atoms with Gasteiger partial charge in [-0.1, -0.05) is 6.07 Å². The zero-order valence-electron chi connectivity index (χ0n) is 8.18. The Morgan fingerprint density at radius 1 is 1.43 bits per heavy atom. The molecule has 78 valence electrons. The summed E-state index contributed by atoms with van der Waals surface area (Å²) in [7, 11) is 1.78. The molecule has 0 saturated heterocycles. The van der Waals surface area contributed by atoms with Crippen molar-refractivity contribution in [2.24, 2.45) is 0 Å². The second-order valence-corrected chi connectivity index (χ2v) is 2.88. The minimum Gasteiger partial charge on any atom is -0.487 e. The van der Waals surface area contributed by atoms with Crippen LogP contribution in [0.1, 0.15) is 5.56 Å². The van der Waals surface area contributed by atoms with Crippen LogP contribution in [0.2, 0.25) is 0 Å². The Bertz CT molecular complexity index is 302. The van der Waals surface area contributed by atoms with Gasteiger partial charge < -0.3 is 10.1 Å². The summed E-state index contributed by atoms with van der Waals surface area (Å²) < 4.78 is 28.7. The van der Waals surface area contributed by atoms with E-state index in [4.69, 9.17) is 4.74 Å². The van der Waals surface area contributed by atoms with E-state index in [0.717, 1.165) is 11.3 Å². The van der Waals surface area contributed by atoms with Crippen LogP contribution in [0.5, 0.6) is 5.75 Å². The molecule has 0 radical (unpaired) electrons. The first-order valence-electron chi connectivity index (χ1n) is 4.33. The molecule has 2 nitrogen and oxygen atoms in total. The van der Waals surface area contributed by atoms with Crippen molar-refractivity contribution in [3.05, 3.63) is 23.8 Å². The fourth-order valence-corrected chi connectivity index (χ4v) is 1.19. The second-order valence-electron chi connectivity index (χ2n) is 2.88. The quantitative estimate of drug-likeness (QED) is 0.808. The van der Waals surface area contributed by atoms with Gasteiger partial charge >= 0.3 is 0 Å². The first kappa shape index (κ1) is 10.8. The van der Waals surface area contributed by atoms with Gasteiger partial charge in [0.2, 0.25) is 0 Å². The van der Waals surface area contributed by atoms with E-state index < -0.39 is 13.0 Å².